The number of aliphatic hydroxyl groups is 1. The zero-order valence-electron chi connectivity index (χ0n) is 9.93. The second-order valence-electron chi connectivity index (χ2n) is 3.54. The topological polar surface area (TPSA) is 76.0 Å². The second kappa shape index (κ2) is 7.35. The highest BCUT2D eigenvalue weighted by Crippen LogP contribution is 2.28. The van der Waals surface area contributed by atoms with Crippen LogP contribution in [-0.4, -0.2) is 36.0 Å². The number of halogens is 1. The summed E-state index contributed by atoms with van der Waals surface area (Å²) in [6.45, 7) is 1.80. The van der Waals surface area contributed by atoms with Gasteiger partial charge in [0.1, 0.15) is 18.5 Å². The Morgan fingerprint density at radius 1 is 1.50 bits per heavy atom. The maximum atomic E-state index is 10.3. The number of aliphatic carboxylic acids is 1. The van der Waals surface area contributed by atoms with Gasteiger partial charge in [-0.1, -0.05) is 15.9 Å². The third kappa shape index (κ3) is 4.64. The number of benzene rings is 1. The third-order valence-corrected chi connectivity index (χ3v) is 2.63. The maximum Gasteiger partial charge on any atom is 0.329 e. The molecule has 1 aromatic carbocycles. The lowest BCUT2D eigenvalue weighted by atomic mass is 10.1. The predicted molar refractivity (Wildman–Crippen MR) is 68.7 cm³/mol. The van der Waals surface area contributed by atoms with Gasteiger partial charge in [0, 0.05) is 10.0 Å². The first-order valence-electron chi connectivity index (χ1n) is 5.44. The van der Waals surface area contributed by atoms with Gasteiger partial charge in [0.05, 0.1) is 13.2 Å². The van der Waals surface area contributed by atoms with Crippen molar-refractivity contribution < 1.29 is 24.5 Å². The molecular weight excluding hydrogens is 304 g/mol. The molecule has 0 amide bonds. The Kier molecular flexibility index (Phi) is 6.11. The van der Waals surface area contributed by atoms with Gasteiger partial charge in [-0.25, -0.2) is 4.79 Å². The van der Waals surface area contributed by atoms with Gasteiger partial charge in [0.25, 0.3) is 0 Å². The van der Waals surface area contributed by atoms with Crippen LogP contribution in [0.4, 0.5) is 0 Å². The summed E-state index contributed by atoms with van der Waals surface area (Å²) in [5.74, 6) is -0.506. The Morgan fingerprint density at radius 3 is 2.83 bits per heavy atom. The minimum Gasteiger partial charge on any atom is -0.493 e. The molecule has 0 bridgehead atoms. The van der Waals surface area contributed by atoms with Gasteiger partial charge in [-0.05, 0) is 25.1 Å². The molecule has 18 heavy (non-hydrogen) atoms. The number of hydrogen-bond acceptors (Lipinski definition) is 4. The monoisotopic (exact) mass is 318 g/mol. The summed E-state index contributed by atoms with van der Waals surface area (Å²) in [5.41, 5.74) is 0.566. The van der Waals surface area contributed by atoms with E-state index in [1.807, 2.05) is 6.92 Å². The first-order valence-corrected chi connectivity index (χ1v) is 6.23. The molecule has 1 aromatic rings. The summed E-state index contributed by atoms with van der Waals surface area (Å²) < 4.78 is 11.1. The summed E-state index contributed by atoms with van der Waals surface area (Å²) in [5, 5.41) is 18.4. The van der Waals surface area contributed by atoms with Gasteiger partial charge < -0.3 is 19.7 Å². The molecule has 0 aliphatic rings. The van der Waals surface area contributed by atoms with Gasteiger partial charge in [0.2, 0.25) is 0 Å². The van der Waals surface area contributed by atoms with Crippen LogP contribution >= 0.6 is 15.9 Å². The van der Waals surface area contributed by atoms with E-state index in [-0.39, 0.29) is 6.61 Å². The average Bonchev–Trinajstić information content (AvgIpc) is 2.31. The van der Waals surface area contributed by atoms with Crippen molar-refractivity contribution in [3.8, 4) is 5.75 Å². The first kappa shape index (κ1) is 14.9. The van der Waals surface area contributed by atoms with Crippen LogP contribution in [0.25, 0.3) is 0 Å². The molecule has 0 aliphatic carbocycles. The largest absolute Gasteiger partial charge is 0.493 e. The molecule has 0 spiro atoms. The Hall–Kier alpha value is -1.11. The fraction of sp³-hybridized carbons (Fsp3) is 0.417. The molecule has 0 radical (unpaired) electrons. The summed E-state index contributed by atoms with van der Waals surface area (Å²) in [6, 6.07) is 5.27. The van der Waals surface area contributed by atoms with Gasteiger partial charge in [0.15, 0.2) is 0 Å². The number of carbonyl (C=O) groups is 1. The van der Waals surface area contributed by atoms with Crippen LogP contribution in [0.2, 0.25) is 0 Å². The highest BCUT2D eigenvalue weighted by atomic mass is 79.9. The minimum atomic E-state index is -1.07. The van der Waals surface area contributed by atoms with Crippen molar-refractivity contribution >= 4 is 21.9 Å². The molecule has 1 atom stereocenters. The van der Waals surface area contributed by atoms with E-state index in [0.29, 0.717) is 17.9 Å². The van der Waals surface area contributed by atoms with Crippen LogP contribution in [0.15, 0.2) is 22.7 Å². The predicted octanol–water partition coefficient (Wildman–Crippen LogP) is 1.98. The zero-order chi connectivity index (χ0) is 13.5. The van der Waals surface area contributed by atoms with Crippen molar-refractivity contribution in [3.05, 3.63) is 28.2 Å². The van der Waals surface area contributed by atoms with E-state index in [2.05, 4.69) is 15.9 Å². The molecular formula is C12H15BrO5. The van der Waals surface area contributed by atoms with Crippen LogP contribution in [0, 0.1) is 0 Å². The lowest BCUT2D eigenvalue weighted by Crippen LogP contribution is -2.14. The molecule has 1 rings (SSSR count). The Labute approximate surface area is 113 Å². The maximum absolute atomic E-state index is 10.3. The number of hydrogen-bond donors (Lipinski definition) is 2. The van der Waals surface area contributed by atoms with Gasteiger partial charge in [-0.15, -0.1) is 0 Å². The number of carboxylic acid groups (broad SMARTS) is 1. The van der Waals surface area contributed by atoms with E-state index >= 15 is 0 Å². The van der Waals surface area contributed by atoms with E-state index in [1.54, 1.807) is 18.2 Å². The summed E-state index contributed by atoms with van der Waals surface area (Å²) in [6.07, 6.45) is -0.927. The molecule has 1 unspecified atom stereocenters. The molecule has 5 nitrogen and oxygen atoms in total. The van der Waals surface area contributed by atoms with Crippen LogP contribution in [-0.2, 0) is 9.53 Å². The fourth-order valence-electron chi connectivity index (χ4n) is 1.41. The molecule has 100 valence electrons. The molecule has 6 heteroatoms. The van der Waals surface area contributed by atoms with E-state index in [4.69, 9.17) is 14.6 Å². The molecule has 0 aromatic heterocycles. The van der Waals surface area contributed by atoms with Crippen LogP contribution in [0.3, 0.4) is 0 Å². The summed E-state index contributed by atoms with van der Waals surface area (Å²) in [4.78, 5) is 10.3. The van der Waals surface area contributed by atoms with Crippen molar-refractivity contribution in [2.45, 2.75) is 13.0 Å². The Bertz CT molecular complexity index is 407. The number of rotatable bonds is 7. The number of aliphatic hydroxyl groups excluding tert-OH is 1. The standard InChI is InChI=1S/C12H15BrO5/c1-2-18-11-4-3-8(13)5-9(11)10(14)6-17-7-12(15)16/h3-5,10,14H,2,6-7H2,1H3,(H,15,16). The highest BCUT2D eigenvalue weighted by molar-refractivity contribution is 9.10. The smallest absolute Gasteiger partial charge is 0.329 e. The molecule has 0 saturated carbocycles. The summed E-state index contributed by atoms with van der Waals surface area (Å²) >= 11 is 3.31. The van der Waals surface area contributed by atoms with Gasteiger partial charge >= 0.3 is 5.97 Å². The van der Waals surface area contributed by atoms with Gasteiger partial charge in [-0.3, -0.25) is 0 Å². The number of ether oxygens (including phenoxy) is 2. The SMILES string of the molecule is CCOc1ccc(Br)cc1C(O)COCC(=O)O. The van der Waals surface area contributed by atoms with E-state index in [1.165, 1.54) is 0 Å². The van der Waals surface area contributed by atoms with Crippen molar-refractivity contribution in [1.29, 1.82) is 0 Å². The quantitative estimate of drug-likeness (QED) is 0.804. The lowest BCUT2D eigenvalue weighted by molar-refractivity contribution is -0.143. The van der Waals surface area contributed by atoms with E-state index < -0.39 is 18.7 Å². The third-order valence-electron chi connectivity index (χ3n) is 2.13. The van der Waals surface area contributed by atoms with Crippen LogP contribution < -0.4 is 4.74 Å². The molecule has 0 heterocycles. The van der Waals surface area contributed by atoms with Crippen LogP contribution in [0.1, 0.15) is 18.6 Å². The van der Waals surface area contributed by atoms with E-state index in [0.717, 1.165) is 4.47 Å². The average molecular weight is 319 g/mol. The Morgan fingerprint density at radius 2 is 2.22 bits per heavy atom. The molecule has 0 aliphatic heterocycles. The van der Waals surface area contributed by atoms with Crippen molar-refractivity contribution in [1.82, 2.24) is 0 Å². The molecule has 2 N–H and O–H groups in total. The van der Waals surface area contributed by atoms with E-state index in [9.17, 15) is 9.90 Å². The van der Waals surface area contributed by atoms with Crippen molar-refractivity contribution in [2.24, 2.45) is 0 Å². The van der Waals surface area contributed by atoms with Gasteiger partial charge in [-0.2, -0.15) is 0 Å². The minimum absolute atomic E-state index is 0.0944. The first-order chi connectivity index (χ1) is 8.54. The number of carboxylic acids is 1. The zero-order valence-corrected chi connectivity index (χ0v) is 11.5. The van der Waals surface area contributed by atoms with Crippen molar-refractivity contribution in [3.63, 3.8) is 0 Å². The fourth-order valence-corrected chi connectivity index (χ4v) is 1.79. The highest BCUT2D eigenvalue weighted by Gasteiger charge is 2.15. The van der Waals surface area contributed by atoms with Crippen LogP contribution in [0.5, 0.6) is 5.75 Å². The summed E-state index contributed by atoms with van der Waals surface area (Å²) in [7, 11) is 0. The lowest BCUT2D eigenvalue weighted by Gasteiger charge is -2.15. The normalized spacial score (nSPS) is 12.2. The second-order valence-corrected chi connectivity index (χ2v) is 4.46. The van der Waals surface area contributed by atoms with Crippen molar-refractivity contribution in [2.75, 3.05) is 19.8 Å². The molecule has 0 fully saturated rings. The Balaban J connectivity index is 2.72. The molecule has 0 saturated heterocycles.